The number of aliphatic carboxylic acids is 1. The van der Waals surface area contributed by atoms with Gasteiger partial charge >= 0.3 is 5.97 Å². The zero-order chi connectivity index (χ0) is 13.5. The van der Waals surface area contributed by atoms with Crippen molar-refractivity contribution in [1.29, 1.82) is 0 Å². The molecule has 2 amide bonds. The number of hydrogen-bond donors (Lipinski definition) is 4. The molecule has 0 saturated carbocycles. The molecule has 0 aliphatic heterocycles. The summed E-state index contributed by atoms with van der Waals surface area (Å²) in [5.74, 6) is -2.29. The molecule has 1 aromatic rings. The molecule has 96 valence electrons. The van der Waals surface area contributed by atoms with Gasteiger partial charge in [0.15, 0.2) is 0 Å². The monoisotopic (exact) mass is 252 g/mol. The van der Waals surface area contributed by atoms with Gasteiger partial charge in [-0.3, -0.25) is 14.4 Å². The molecule has 1 rings (SSSR count). The van der Waals surface area contributed by atoms with Crippen molar-refractivity contribution in [2.24, 2.45) is 0 Å². The molecule has 0 spiro atoms. The lowest BCUT2D eigenvalue weighted by Gasteiger charge is -2.04. The Hall–Kier alpha value is -2.64. The standard InChI is InChI=1S/C10H12N4O4/c11-6-1-2-7(12-3-6)10(18)14-4-8(15)13-5-9(16)17/h1-3H,4-5,11H2,(H,13,15)(H,14,18)(H,16,17). The number of carbonyl (C=O) groups excluding carboxylic acids is 2. The number of anilines is 1. The third kappa shape index (κ3) is 4.47. The first kappa shape index (κ1) is 13.4. The lowest BCUT2D eigenvalue weighted by atomic mass is 10.3. The fourth-order valence-corrected chi connectivity index (χ4v) is 1.03. The van der Waals surface area contributed by atoms with Gasteiger partial charge in [-0.25, -0.2) is 4.98 Å². The average Bonchev–Trinajstić information content (AvgIpc) is 2.34. The molecule has 5 N–H and O–H groups in total. The second-order valence-corrected chi connectivity index (χ2v) is 3.33. The lowest BCUT2D eigenvalue weighted by Crippen LogP contribution is -2.39. The number of pyridine rings is 1. The van der Waals surface area contributed by atoms with Gasteiger partial charge < -0.3 is 21.5 Å². The Kier molecular flexibility index (Phi) is 4.61. The summed E-state index contributed by atoms with van der Waals surface area (Å²) >= 11 is 0. The van der Waals surface area contributed by atoms with Crippen molar-refractivity contribution in [1.82, 2.24) is 15.6 Å². The quantitative estimate of drug-likeness (QED) is 0.508. The molecule has 18 heavy (non-hydrogen) atoms. The maximum Gasteiger partial charge on any atom is 0.322 e. The summed E-state index contributed by atoms with van der Waals surface area (Å²) in [6, 6.07) is 2.92. The van der Waals surface area contributed by atoms with Crippen molar-refractivity contribution in [3.05, 3.63) is 24.0 Å². The van der Waals surface area contributed by atoms with Gasteiger partial charge in [-0.15, -0.1) is 0 Å². The van der Waals surface area contributed by atoms with E-state index in [0.717, 1.165) is 0 Å². The van der Waals surface area contributed by atoms with Gasteiger partial charge in [-0.05, 0) is 12.1 Å². The second kappa shape index (κ2) is 6.18. The fourth-order valence-electron chi connectivity index (χ4n) is 1.03. The van der Waals surface area contributed by atoms with Crippen molar-refractivity contribution in [3.8, 4) is 0 Å². The zero-order valence-electron chi connectivity index (χ0n) is 9.34. The first-order chi connectivity index (χ1) is 8.49. The normalized spacial score (nSPS) is 9.56. The Labute approximate surface area is 102 Å². The van der Waals surface area contributed by atoms with Crippen LogP contribution in [-0.4, -0.2) is 41.0 Å². The molecule has 0 fully saturated rings. The van der Waals surface area contributed by atoms with Crippen molar-refractivity contribution in [2.45, 2.75) is 0 Å². The Bertz CT molecular complexity index is 457. The second-order valence-electron chi connectivity index (χ2n) is 3.33. The van der Waals surface area contributed by atoms with Gasteiger partial charge in [0, 0.05) is 0 Å². The average molecular weight is 252 g/mol. The molecule has 0 aliphatic rings. The van der Waals surface area contributed by atoms with Crippen molar-refractivity contribution >= 4 is 23.5 Å². The number of nitrogens with one attached hydrogen (secondary N) is 2. The highest BCUT2D eigenvalue weighted by molar-refractivity contribution is 5.95. The van der Waals surface area contributed by atoms with E-state index >= 15 is 0 Å². The first-order valence-corrected chi connectivity index (χ1v) is 4.97. The van der Waals surface area contributed by atoms with E-state index in [1.54, 1.807) is 0 Å². The number of carboxylic acid groups (broad SMARTS) is 1. The number of hydrogen-bond acceptors (Lipinski definition) is 5. The van der Waals surface area contributed by atoms with Crippen LogP contribution in [0.4, 0.5) is 5.69 Å². The number of aromatic nitrogens is 1. The third-order valence-corrected chi connectivity index (χ3v) is 1.87. The van der Waals surface area contributed by atoms with E-state index in [1.165, 1.54) is 18.3 Å². The predicted molar refractivity (Wildman–Crippen MR) is 61.6 cm³/mol. The van der Waals surface area contributed by atoms with Crippen LogP contribution in [0.15, 0.2) is 18.3 Å². The Morgan fingerprint density at radius 1 is 1.22 bits per heavy atom. The molecule has 1 aromatic heterocycles. The zero-order valence-corrected chi connectivity index (χ0v) is 9.34. The van der Waals surface area contributed by atoms with Crippen molar-refractivity contribution < 1.29 is 19.5 Å². The Balaban J connectivity index is 2.39. The van der Waals surface area contributed by atoms with Crippen LogP contribution in [0.5, 0.6) is 0 Å². The predicted octanol–water partition coefficient (Wildman–Crippen LogP) is -1.41. The molecule has 0 bridgehead atoms. The van der Waals surface area contributed by atoms with E-state index in [-0.39, 0.29) is 12.2 Å². The fraction of sp³-hybridized carbons (Fsp3) is 0.200. The van der Waals surface area contributed by atoms with E-state index in [1.807, 2.05) is 0 Å². The van der Waals surface area contributed by atoms with Crippen LogP contribution in [0.25, 0.3) is 0 Å². The van der Waals surface area contributed by atoms with Crippen LogP contribution < -0.4 is 16.4 Å². The summed E-state index contributed by atoms with van der Waals surface area (Å²) in [7, 11) is 0. The molecule has 1 heterocycles. The number of carboxylic acids is 1. The number of rotatable bonds is 5. The number of nitrogens with two attached hydrogens (primary N) is 1. The highest BCUT2D eigenvalue weighted by atomic mass is 16.4. The summed E-state index contributed by atoms with van der Waals surface area (Å²) in [5, 5.41) is 12.7. The molecule has 0 atom stereocenters. The maximum absolute atomic E-state index is 11.5. The summed E-state index contributed by atoms with van der Waals surface area (Å²) in [4.78, 5) is 36.5. The van der Waals surface area contributed by atoms with Crippen molar-refractivity contribution in [3.63, 3.8) is 0 Å². The number of carbonyl (C=O) groups is 3. The molecule has 0 saturated heterocycles. The van der Waals surface area contributed by atoms with Gasteiger partial charge in [0.1, 0.15) is 12.2 Å². The molecule has 0 aromatic carbocycles. The van der Waals surface area contributed by atoms with Gasteiger partial charge in [-0.1, -0.05) is 0 Å². The lowest BCUT2D eigenvalue weighted by molar-refractivity contribution is -0.137. The number of amides is 2. The third-order valence-electron chi connectivity index (χ3n) is 1.87. The molecule has 8 nitrogen and oxygen atoms in total. The van der Waals surface area contributed by atoms with E-state index < -0.39 is 24.3 Å². The number of nitrogens with zero attached hydrogens (tertiary/aromatic N) is 1. The van der Waals surface area contributed by atoms with Gasteiger partial charge in [-0.2, -0.15) is 0 Å². The topological polar surface area (TPSA) is 134 Å². The van der Waals surface area contributed by atoms with Crippen LogP contribution in [0.3, 0.4) is 0 Å². The smallest absolute Gasteiger partial charge is 0.322 e. The molecule has 0 unspecified atom stereocenters. The van der Waals surface area contributed by atoms with Gasteiger partial charge in [0.2, 0.25) is 5.91 Å². The van der Waals surface area contributed by atoms with E-state index in [0.29, 0.717) is 5.69 Å². The SMILES string of the molecule is Nc1ccc(C(=O)NCC(=O)NCC(=O)O)nc1. The van der Waals surface area contributed by atoms with Crippen LogP contribution in [-0.2, 0) is 9.59 Å². The minimum atomic E-state index is -1.16. The maximum atomic E-state index is 11.5. The summed E-state index contributed by atoms with van der Waals surface area (Å²) in [6.45, 7) is -0.813. The molecular weight excluding hydrogens is 240 g/mol. The number of nitrogen functional groups attached to an aromatic ring is 1. The molecular formula is C10H12N4O4. The summed E-state index contributed by atoms with van der Waals surface area (Å²) in [5.41, 5.74) is 5.95. The van der Waals surface area contributed by atoms with Crippen LogP contribution >= 0.6 is 0 Å². The van der Waals surface area contributed by atoms with Crippen LogP contribution in [0.1, 0.15) is 10.5 Å². The summed E-state index contributed by atoms with van der Waals surface area (Å²) in [6.07, 6.45) is 1.32. The van der Waals surface area contributed by atoms with E-state index in [4.69, 9.17) is 10.8 Å². The van der Waals surface area contributed by atoms with Gasteiger partial charge in [0.25, 0.3) is 5.91 Å². The molecule has 8 heteroatoms. The molecule has 0 aliphatic carbocycles. The van der Waals surface area contributed by atoms with E-state index in [9.17, 15) is 14.4 Å². The minimum absolute atomic E-state index is 0.121. The van der Waals surface area contributed by atoms with Crippen molar-refractivity contribution in [2.75, 3.05) is 18.8 Å². The van der Waals surface area contributed by atoms with Gasteiger partial charge in [0.05, 0.1) is 18.4 Å². The summed E-state index contributed by atoms with van der Waals surface area (Å²) < 4.78 is 0. The van der Waals surface area contributed by atoms with E-state index in [2.05, 4.69) is 15.6 Å². The van der Waals surface area contributed by atoms with Crippen LogP contribution in [0.2, 0.25) is 0 Å². The highest BCUT2D eigenvalue weighted by Crippen LogP contribution is 2.00. The minimum Gasteiger partial charge on any atom is -0.480 e. The highest BCUT2D eigenvalue weighted by Gasteiger charge is 2.09. The van der Waals surface area contributed by atoms with Crippen LogP contribution in [0, 0.1) is 0 Å². The Morgan fingerprint density at radius 2 is 1.94 bits per heavy atom. The first-order valence-electron chi connectivity index (χ1n) is 4.97. The Morgan fingerprint density at radius 3 is 2.50 bits per heavy atom. The molecule has 0 radical (unpaired) electrons. The largest absolute Gasteiger partial charge is 0.480 e.